The molecule has 0 aliphatic heterocycles. The van der Waals surface area contributed by atoms with Crippen molar-refractivity contribution in [2.45, 2.75) is 18.6 Å². The summed E-state index contributed by atoms with van der Waals surface area (Å²) in [6.45, 7) is 3.23. The Morgan fingerprint density at radius 2 is 2.00 bits per heavy atom. The fourth-order valence-electron chi connectivity index (χ4n) is 1.67. The number of sulfone groups is 1. The summed E-state index contributed by atoms with van der Waals surface area (Å²) in [6.07, 6.45) is 2.78. The number of hydrogen-bond acceptors (Lipinski definition) is 6. The lowest BCUT2D eigenvalue weighted by molar-refractivity contribution is 0.0606. The van der Waals surface area contributed by atoms with E-state index in [1.165, 1.54) is 24.7 Å². The average molecular weight is 313 g/mol. The van der Waals surface area contributed by atoms with E-state index in [0.29, 0.717) is 10.6 Å². The molecule has 0 bridgehead atoms. The van der Waals surface area contributed by atoms with Gasteiger partial charge in [-0.15, -0.1) is 11.3 Å². The highest BCUT2D eigenvalue weighted by atomic mass is 32.2. The maximum Gasteiger partial charge on any atom is 0.348 e. The van der Waals surface area contributed by atoms with E-state index < -0.39 is 20.6 Å². The SMILES string of the molecule is COC(=O)c1cc2cc(C(C)(C)S(C)(=O)=O)ncc2s1. The number of fused-ring (bicyclic) bond motifs is 1. The van der Waals surface area contributed by atoms with Gasteiger partial charge in [0.05, 0.1) is 17.5 Å². The molecule has 0 aliphatic carbocycles. The number of nitrogens with zero attached hydrogens (tertiary/aromatic N) is 1. The molecule has 108 valence electrons. The van der Waals surface area contributed by atoms with Gasteiger partial charge in [-0.05, 0) is 31.4 Å². The molecule has 0 unspecified atom stereocenters. The first-order valence-electron chi connectivity index (χ1n) is 5.85. The number of hydrogen-bond donors (Lipinski definition) is 0. The van der Waals surface area contributed by atoms with Crippen LogP contribution in [-0.4, -0.2) is 32.7 Å². The van der Waals surface area contributed by atoms with Crippen LogP contribution in [0.25, 0.3) is 10.1 Å². The van der Waals surface area contributed by atoms with Crippen LogP contribution in [0.1, 0.15) is 29.2 Å². The maximum absolute atomic E-state index is 11.8. The Labute approximate surface area is 121 Å². The Hall–Kier alpha value is -1.47. The van der Waals surface area contributed by atoms with Crippen LogP contribution in [0.5, 0.6) is 0 Å². The molecule has 5 nitrogen and oxygen atoms in total. The molecule has 0 spiro atoms. The standard InChI is InChI=1S/C13H15NO4S2/c1-13(2,20(4,16)17)11-6-8-5-9(12(15)18-3)19-10(8)7-14-11/h5-7H,1-4H3. The molecule has 20 heavy (non-hydrogen) atoms. The smallest absolute Gasteiger partial charge is 0.348 e. The molecule has 0 saturated carbocycles. The zero-order valence-corrected chi connectivity index (χ0v) is 13.3. The molecular weight excluding hydrogens is 298 g/mol. The number of thiophene rings is 1. The van der Waals surface area contributed by atoms with Gasteiger partial charge in [0.15, 0.2) is 9.84 Å². The number of carbonyl (C=O) groups excluding carboxylic acids is 1. The minimum absolute atomic E-state index is 0.407. The van der Waals surface area contributed by atoms with Crippen LogP contribution >= 0.6 is 11.3 Å². The Balaban J connectivity index is 2.57. The van der Waals surface area contributed by atoms with Gasteiger partial charge in [0.1, 0.15) is 9.62 Å². The van der Waals surface area contributed by atoms with Crippen molar-refractivity contribution in [2.24, 2.45) is 0 Å². The topological polar surface area (TPSA) is 73.3 Å². The molecule has 2 heterocycles. The molecule has 0 aromatic carbocycles. The van der Waals surface area contributed by atoms with Crippen molar-refractivity contribution in [3.05, 3.63) is 28.9 Å². The zero-order chi connectivity index (χ0) is 15.1. The summed E-state index contributed by atoms with van der Waals surface area (Å²) in [5, 5.41) is 0.789. The monoisotopic (exact) mass is 313 g/mol. The van der Waals surface area contributed by atoms with E-state index in [2.05, 4.69) is 9.72 Å². The van der Waals surface area contributed by atoms with Crippen LogP contribution in [0.2, 0.25) is 0 Å². The molecule has 2 aromatic heterocycles. The van der Waals surface area contributed by atoms with Crippen molar-refractivity contribution in [1.82, 2.24) is 4.98 Å². The predicted octanol–water partition coefficient (Wildman–Crippen LogP) is 2.36. The van der Waals surface area contributed by atoms with E-state index in [1.54, 1.807) is 32.2 Å². The van der Waals surface area contributed by atoms with Crippen LogP contribution in [0, 0.1) is 0 Å². The van der Waals surface area contributed by atoms with Crippen molar-refractivity contribution in [3.8, 4) is 0 Å². The van der Waals surface area contributed by atoms with Gasteiger partial charge in [-0.3, -0.25) is 4.98 Å². The van der Waals surface area contributed by atoms with Crippen LogP contribution < -0.4 is 0 Å². The fraction of sp³-hybridized carbons (Fsp3) is 0.385. The summed E-state index contributed by atoms with van der Waals surface area (Å²) in [6, 6.07) is 3.40. The van der Waals surface area contributed by atoms with Crippen molar-refractivity contribution in [1.29, 1.82) is 0 Å². The van der Waals surface area contributed by atoms with E-state index >= 15 is 0 Å². The molecule has 0 amide bonds. The van der Waals surface area contributed by atoms with Crippen LogP contribution in [0.4, 0.5) is 0 Å². The van der Waals surface area contributed by atoms with Crippen molar-refractivity contribution >= 4 is 37.2 Å². The maximum atomic E-state index is 11.8. The van der Waals surface area contributed by atoms with Crippen molar-refractivity contribution < 1.29 is 17.9 Å². The molecule has 0 atom stereocenters. The third kappa shape index (κ3) is 2.43. The lowest BCUT2D eigenvalue weighted by atomic mass is 10.1. The molecule has 2 rings (SSSR count). The summed E-state index contributed by atoms with van der Waals surface area (Å²) >= 11 is 1.27. The van der Waals surface area contributed by atoms with Gasteiger partial charge in [0, 0.05) is 12.5 Å². The van der Waals surface area contributed by atoms with Gasteiger partial charge in [0.2, 0.25) is 0 Å². The van der Waals surface area contributed by atoms with Gasteiger partial charge in [0.25, 0.3) is 0 Å². The first-order chi connectivity index (χ1) is 9.16. The van der Waals surface area contributed by atoms with Gasteiger partial charge in [-0.2, -0.15) is 0 Å². The largest absolute Gasteiger partial charge is 0.465 e. The summed E-state index contributed by atoms with van der Waals surface area (Å²) < 4.78 is 28.1. The summed E-state index contributed by atoms with van der Waals surface area (Å²) in [5.41, 5.74) is 0.460. The quantitative estimate of drug-likeness (QED) is 0.813. The Kier molecular flexibility index (Phi) is 3.60. The molecular formula is C13H15NO4S2. The van der Waals surface area contributed by atoms with Crippen LogP contribution in [0.15, 0.2) is 18.3 Å². The van der Waals surface area contributed by atoms with E-state index in [4.69, 9.17) is 0 Å². The number of ether oxygens (including phenoxy) is 1. The highest BCUT2D eigenvalue weighted by Gasteiger charge is 2.34. The first kappa shape index (κ1) is 14.9. The number of esters is 1. The third-order valence-corrected chi connectivity index (χ3v) is 6.46. The normalized spacial score (nSPS) is 12.6. The zero-order valence-electron chi connectivity index (χ0n) is 11.6. The van der Waals surface area contributed by atoms with Crippen LogP contribution in [0.3, 0.4) is 0 Å². The highest BCUT2D eigenvalue weighted by molar-refractivity contribution is 7.91. The fourth-order valence-corrected chi connectivity index (χ4v) is 3.09. The minimum Gasteiger partial charge on any atom is -0.465 e. The van der Waals surface area contributed by atoms with E-state index in [-0.39, 0.29) is 0 Å². The lowest BCUT2D eigenvalue weighted by Crippen LogP contribution is -2.29. The third-order valence-electron chi connectivity index (χ3n) is 3.33. The highest BCUT2D eigenvalue weighted by Crippen LogP contribution is 2.32. The van der Waals surface area contributed by atoms with Crippen molar-refractivity contribution in [2.75, 3.05) is 13.4 Å². The Bertz CT molecular complexity index is 775. The molecule has 0 aliphatic rings. The Morgan fingerprint density at radius 1 is 1.35 bits per heavy atom. The lowest BCUT2D eigenvalue weighted by Gasteiger charge is -2.21. The van der Waals surface area contributed by atoms with Gasteiger partial charge >= 0.3 is 5.97 Å². The number of aromatic nitrogens is 1. The minimum atomic E-state index is -3.29. The predicted molar refractivity (Wildman–Crippen MR) is 78.8 cm³/mol. The van der Waals surface area contributed by atoms with Gasteiger partial charge < -0.3 is 4.74 Å². The molecule has 0 N–H and O–H groups in total. The number of pyridine rings is 1. The van der Waals surface area contributed by atoms with E-state index in [0.717, 1.165) is 10.1 Å². The Morgan fingerprint density at radius 3 is 2.55 bits per heavy atom. The molecule has 0 fully saturated rings. The van der Waals surface area contributed by atoms with Gasteiger partial charge in [-0.25, -0.2) is 13.2 Å². The van der Waals surface area contributed by atoms with E-state index in [1.807, 2.05) is 0 Å². The average Bonchev–Trinajstić information content (AvgIpc) is 2.79. The van der Waals surface area contributed by atoms with E-state index in [9.17, 15) is 13.2 Å². The number of rotatable bonds is 3. The van der Waals surface area contributed by atoms with Crippen molar-refractivity contribution in [3.63, 3.8) is 0 Å². The number of carbonyl (C=O) groups is 1. The number of methoxy groups -OCH3 is 1. The molecule has 0 radical (unpaired) electrons. The second kappa shape index (κ2) is 4.82. The molecule has 2 aromatic rings. The second-order valence-corrected chi connectivity index (χ2v) is 8.64. The molecule has 7 heteroatoms. The second-order valence-electron chi connectivity index (χ2n) is 4.99. The summed E-state index contributed by atoms with van der Waals surface area (Å²) in [5.74, 6) is -0.407. The van der Waals surface area contributed by atoms with Gasteiger partial charge in [-0.1, -0.05) is 0 Å². The van der Waals surface area contributed by atoms with Crippen LogP contribution in [-0.2, 0) is 19.3 Å². The molecule has 0 saturated heterocycles. The summed E-state index contributed by atoms with van der Waals surface area (Å²) in [4.78, 5) is 16.2. The first-order valence-corrected chi connectivity index (χ1v) is 8.55. The summed E-state index contributed by atoms with van der Waals surface area (Å²) in [7, 11) is -1.97.